The molecule has 0 aliphatic heterocycles. The first-order valence-electron chi connectivity index (χ1n) is 5.15. The highest BCUT2D eigenvalue weighted by Crippen LogP contribution is 2.17. The Hall–Kier alpha value is -2.15. The minimum Gasteiger partial charge on any atom is -0.384 e. The van der Waals surface area contributed by atoms with Gasteiger partial charge in [-0.25, -0.2) is 15.0 Å². The van der Waals surface area contributed by atoms with E-state index in [9.17, 15) is 4.79 Å². The van der Waals surface area contributed by atoms with Crippen molar-refractivity contribution in [1.29, 1.82) is 0 Å². The van der Waals surface area contributed by atoms with Gasteiger partial charge in [-0.1, -0.05) is 0 Å². The second-order valence-corrected chi connectivity index (χ2v) is 4.38. The normalized spacial score (nSPS) is 10.0. The van der Waals surface area contributed by atoms with Crippen LogP contribution in [0, 0.1) is 0 Å². The highest BCUT2D eigenvalue weighted by atomic mass is 32.2. The summed E-state index contributed by atoms with van der Waals surface area (Å²) in [5.74, 6) is 0.868. The lowest BCUT2D eigenvalue weighted by molar-refractivity contribution is -0.113. The molecule has 6 nitrogen and oxygen atoms in total. The number of carbonyl (C=O) groups excluding carboxylic acids is 1. The number of nitrogens with zero attached hydrogens (tertiary/aromatic N) is 3. The molecule has 2 aromatic rings. The third-order valence-corrected chi connectivity index (χ3v) is 2.93. The number of nitrogen functional groups attached to an aromatic ring is 1. The van der Waals surface area contributed by atoms with Crippen molar-refractivity contribution < 1.29 is 4.79 Å². The van der Waals surface area contributed by atoms with Crippen molar-refractivity contribution in [1.82, 2.24) is 15.0 Å². The molecule has 0 atom stereocenters. The first-order valence-corrected chi connectivity index (χ1v) is 6.14. The van der Waals surface area contributed by atoms with E-state index in [2.05, 4.69) is 20.3 Å². The van der Waals surface area contributed by atoms with Gasteiger partial charge in [0.1, 0.15) is 5.82 Å². The highest BCUT2D eigenvalue weighted by Gasteiger charge is 2.05. The van der Waals surface area contributed by atoms with Gasteiger partial charge in [0.05, 0.1) is 5.75 Å². The maximum Gasteiger partial charge on any atom is 0.237 e. The Morgan fingerprint density at radius 1 is 1.28 bits per heavy atom. The SMILES string of the molecule is Nc1ccc(SCC(=O)Nc2ncccn2)cn1. The largest absolute Gasteiger partial charge is 0.384 e. The molecule has 3 N–H and O–H groups in total. The summed E-state index contributed by atoms with van der Waals surface area (Å²) in [5, 5.41) is 2.60. The molecule has 2 rings (SSSR count). The molecule has 2 aromatic heterocycles. The number of rotatable bonds is 4. The summed E-state index contributed by atoms with van der Waals surface area (Å²) in [7, 11) is 0. The first kappa shape index (κ1) is 12.3. The van der Waals surface area contributed by atoms with Gasteiger partial charge in [-0.15, -0.1) is 11.8 Å². The van der Waals surface area contributed by atoms with Gasteiger partial charge in [0.2, 0.25) is 11.9 Å². The monoisotopic (exact) mass is 261 g/mol. The van der Waals surface area contributed by atoms with E-state index in [1.165, 1.54) is 11.8 Å². The summed E-state index contributed by atoms with van der Waals surface area (Å²) in [5.41, 5.74) is 5.47. The van der Waals surface area contributed by atoms with Crippen LogP contribution in [0.25, 0.3) is 0 Å². The van der Waals surface area contributed by atoms with E-state index in [1.54, 1.807) is 30.7 Å². The maximum atomic E-state index is 11.6. The van der Waals surface area contributed by atoms with E-state index in [1.807, 2.05) is 6.07 Å². The van der Waals surface area contributed by atoms with Crippen molar-refractivity contribution >= 4 is 29.4 Å². The summed E-state index contributed by atoms with van der Waals surface area (Å²) >= 11 is 1.37. The number of nitrogens with two attached hydrogens (primary N) is 1. The van der Waals surface area contributed by atoms with Crippen LogP contribution in [-0.2, 0) is 4.79 Å². The predicted octanol–water partition coefficient (Wildman–Crippen LogP) is 1.18. The van der Waals surface area contributed by atoms with Gasteiger partial charge in [-0.05, 0) is 18.2 Å². The number of thioether (sulfide) groups is 1. The van der Waals surface area contributed by atoms with Crippen LogP contribution >= 0.6 is 11.8 Å². The number of hydrogen-bond donors (Lipinski definition) is 2. The Morgan fingerprint density at radius 2 is 2.06 bits per heavy atom. The Morgan fingerprint density at radius 3 is 2.72 bits per heavy atom. The summed E-state index contributed by atoms with van der Waals surface area (Å²) in [6, 6.07) is 5.20. The highest BCUT2D eigenvalue weighted by molar-refractivity contribution is 8.00. The Labute approximate surface area is 108 Å². The summed E-state index contributed by atoms with van der Waals surface area (Å²) in [6.45, 7) is 0. The number of nitrogens with one attached hydrogen (secondary N) is 1. The van der Waals surface area contributed by atoms with Crippen molar-refractivity contribution in [3.63, 3.8) is 0 Å². The molecule has 0 aliphatic carbocycles. The standard InChI is InChI=1S/C11H11N5OS/c12-9-3-2-8(6-15-9)18-7-10(17)16-11-13-4-1-5-14-11/h1-6H,7H2,(H2,12,15)(H,13,14,16,17). The lowest BCUT2D eigenvalue weighted by atomic mass is 10.5. The quantitative estimate of drug-likeness (QED) is 0.803. The number of anilines is 2. The zero-order valence-electron chi connectivity index (χ0n) is 9.41. The van der Waals surface area contributed by atoms with Gasteiger partial charge in [-0.2, -0.15) is 0 Å². The smallest absolute Gasteiger partial charge is 0.237 e. The fraction of sp³-hybridized carbons (Fsp3) is 0.0909. The third-order valence-electron chi connectivity index (χ3n) is 1.95. The lowest BCUT2D eigenvalue weighted by Crippen LogP contribution is -2.15. The van der Waals surface area contributed by atoms with Crippen LogP contribution in [-0.4, -0.2) is 26.6 Å². The lowest BCUT2D eigenvalue weighted by Gasteiger charge is -2.03. The number of hydrogen-bond acceptors (Lipinski definition) is 6. The van der Waals surface area contributed by atoms with E-state index in [-0.39, 0.29) is 11.7 Å². The number of amides is 1. The first-order chi connectivity index (χ1) is 8.74. The van der Waals surface area contributed by atoms with Crippen LogP contribution < -0.4 is 11.1 Å². The van der Waals surface area contributed by atoms with E-state index in [0.717, 1.165) is 4.90 Å². The van der Waals surface area contributed by atoms with Gasteiger partial charge in [0, 0.05) is 23.5 Å². The molecule has 7 heteroatoms. The van der Waals surface area contributed by atoms with Crippen LogP contribution in [0.5, 0.6) is 0 Å². The van der Waals surface area contributed by atoms with Crippen LogP contribution in [0.4, 0.5) is 11.8 Å². The average molecular weight is 261 g/mol. The molecule has 2 heterocycles. The zero-order chi connectivity index (χ0) is 12.8. The Bertz CT molecular complexity index is 517. The number of carbonyl (C=O) groups is 1. The molecular weight excluding hydrogens is 250 g/mol. The van der Waals surface area contributed by atoms with E-state index < -0.39 is 0 Å². The van der Waals surface area contributed by atoms with Gasteiger partial charge in [0.15, 0.2) is 0 Å². The topological polar surface area (TPSA) is 93.8 Å². The number of pyridine rings is 1. The molecule has 0 fully saturated rings. The molecule has 1 amide bonds. The van der Waals surface area contributed by atoms with Crippen LogP contribution in [0.3, 0.4) is 0 Å². The van der Waals surface area contributed by atoms with Crippen molar-refractivity contribution in [2.45, 2.75) is 4.90 Å². The zero-order valence-corrected chi connectivity index (χ0v) is 10.2. The third kappa shape index (κ3) is 3.70. The van der Waals surface area contributed by atoms with Gasteiger partial charge in [0.25, 0.3) is 0 Å². The molecular formula is C11H11N5OS. The molecule has 0 radical (unpaired) electrons. The number of aromatic nitrogens is 3. The Balaban J connectivity index is 1.83. The summed E-state index contributed by atoms with van der Waals surface area (Å²) < 4.78 is 0. The molecule has 0 aromatic carbocycles. The molecule has 0 saturated heterocycles. The van der Waals surface area contributed by atoms with E-state index in [4.69, 9.17) is 5.73 Å². The summed E-state index contributed by atoms with van der Waals surface area (Å²) in [6.07, 6.45) is 4.77. The van der Waals surface area contributed by atoms with E-state index in [0.29, 0.717) is 11.8 Å². The predicted molar refractivity (Wildman–Crippen MR) is 70.0 cm³/mol. The fourth-order valence-corrected chi connectivity index (χ4v) is 1.81. The van der Waals surface area contributed by atoms with Gasteiger partial charge in [-0.3, -0.25) is 10.1 Å². The van der Waals surface area contributed by atoms with Crippen LogP contribution in [0.2, 0.25) is 0 Å². The van der Waals surface area contributed by atoms with Crippen molar-refractivity contribution in [3.05, 3.63) is 36.8 Å². The summed E-state index contributed by atoms with van der Waals surface area (Å²) in [4.78, 5) is 24.2. The van der Waals surface area contributed by atoms with Crippen LogP contribution in [0.1, 0.15) is 0 Å². The minimum absolute atomic E-state index is 0.164. The average Bonchev–Trinajstić information content (AvgIpc) is 2.39. The second-order valence-electron chi connectivity index (χ2n) is 3.33. The minimum atomic E-state index is -0.164. The molecule has 0 unspecified atom stereocenters. The molecule has 18 heavy (non-hydrogen) atoms. The Kier molecular flexibility index (Phi) is 4.08. The molecule has 0 bridgehead atoms. The van der Waals surface area contributed by atoms with Crippen molar-refractivity contribution in [2.24, 2.45) is 0 Å². The molecule has 0 saturated carbocycles. The molecule has 0 aliphatic rings. The maximum absolute atomic E-state index is 11.6. The fourth-order valence-electron chi connectivity index (χ4n) is 1.15. The molecule has 92 valence electrons. The van der Waals surface area contributed by atoms with Gasteiger partial charge >= 0.3 is 0 Å². The van der Waals surface area contributed by atoms with E-state index >= 15 is 0 Å². The second kappa shape index (κ2) is 5.97. The van der Waals surface area contributed by atoms with Crippen molar-refractivity contribution in [3.8, 4) is 0 Å². The van der Waals surface area contributed by atoms with Gasteiger partial charge < -0.3 is 5.73 Å². The van der Waals surface area contributed by atoms with Crippen molar-refractivity contribution in [2.75, 3.05) is 16.8 Å². The van der Waals surface area contributed by atoms with Crippen LogP contribution in [0.15, 0.2) is 41.7 Å². The molecule has 0 spiro atoms.